The first kappa shape index (κ1) is 17.6. The predicted molar refractivity (Wildman–Crippen MR) is 93.6 cm³/mol. The lowest BCUT2D eigenvalue weighted by molar-refractivity contribution is 0.239. The maximum absolute atomic E-state index is 4.21. The molecule has 0 spiro atoms. The van der Waals surface area contributed by atoms with Gasteiger partial charge in [-0.15, -0.1) is 5.10 Å². The van der Waals surface area contributed by atoms with Crippen molar-refractivity contribution < 1.29 is 0 Å². The number of benzene rings is 1. The minimum Gasteiger partial charge on any atom is -0.305 e. The minimum absolute atomic E-state index is 0.0236. The molecule has 0 aliphatic carbocycles. The van der Waals surface area contributed by atoms with Crippen LogP contribution >= 0.6 is 0 Å². The Balaban J connectivity index is 2.20. The van der Waals surface area contributed by atoms with Crippen molar-refractivity contribution in [1.82, 2.24) is 25.5 Å². The summed E-state index contributed by atoms with van der Waals surface area (Å²) in [5.41, 5.74) is 3.72. The Labute approximate surface area is 139 Å². The first-order chi connectivity index (χ1) is 10.6. The molecular formula is C18H29N5. The molecule has 0 saturated carbocycles. The van der Waals surface area contributed by atoms with Gasteiger partial charge >= 0.3 is 0 Å². The second-order valence-electron chi connectivity index (χ2n) is 8.22. The lowest BCUT2D eigenvalue weighted by Crippen LogP contribution is -2.42. The van der Waals surface area contributed by atoms with Crippen LogP contribution in [0.4, 0.5) is 0 Å². The molecule has 0 amide bonds. The normalized spacial score (nSPS) is 12.7. The highest BCUT2D eigenvalue weighted by molar-refractivity contribution is 5.46. The van der Waals surface area contributed by atoms with Gasteiger partial charge in [0.25, 0.3) is 0 Å². The van der Waals surface area contributed by atoms with Crippen LogP contribution in [-0.4, -0.2) is 25.7 Å². The summed E-state index contributed by atoms with van der Waals surface area (Å²) in [6, 6.07) is 6.23. The summed E-state index contributed by atoms with van der Waals surface area (Å²) in [6.07, 6.45) is 1.07. The molecule has 0 fully saturated rings. The molecule has 0 unspecified atom stereocenters. The fourth-order valence-electron chi connectivity index (χ4n) is 3.34. The highest BCUT2D eigenvalue weighted by atomic mass is 15.5. The zero-order valence-electron chi connectivity index (χ0n) is 15.4. The van der Waals surface area contributed by atoms with E-state index in [1.54, 1.807) is 0 Å². The molecule has 1 N–H and O–H groups in total. The van der Waals surface area contributed by atoms with E-state index in [-0.39, 0.29) is 11.0 Å². The van der Waals surface area contributed by atoms with Crippen LogP contribution in [0.2, 0.25) is 0 Å². The number of nitrogens with one attached hydrogen (secondary N) is 1. The van der Waals surface area contributed by atoms with Gasteiger partial charge in [0.05, 0.1) is 12.2 Å². The number of para-hydroxylation sites is 1. The zero-order chi connectivity index (χ0) is 17.3. The van der Waals surface area contributed by atoms with Crippen molar-refractivity contribution in [1.29, 1.82) is 0 Å². The monoisotopic (exact) mass is 315 g/mol. The van der Waals surface area contributed by atoms with E-state index in [2.05, 4.69) is 87.5 Å². The van der Waals surface area contributed by atoms with Crippen molar-refractivity contribution in [3.05, 3.63) is 35.2 Å². The van der Waals surface area contributed by atoms with Crippen LogP contribution in [-0.2, 0) is 6.54 Å². The van der Waals surface area contributed by atoms with E-state index in [9.17, 15) is 0 Å². The molecule has 1 aromatic carbocycles. The van der Waals surface area contributed by atoms with Gasteiger partial charge in [0.2, 0.25) is 0 Å². The summed E-state index contributed by atoms with van der Waals surface area (Å²) in [4.78, 5) is 0. The van der Waals surface area contributed by atoms with Gasteiger partial charge in [0.15, 0.2) is 5.82 Å². The fraction of sp³-hybridized carbons (Fsp3) is 0.611. The first-order valence-corrected chi connectivity index (χ1v) is 8.18. The fourth-order valence-corrected chi connectivity index (χ4v) is 3.34. The molecule has 5 heteroatoms. The summed E-state index contributed by atoms with van der Waals surface area (Å²) >= 11 is 0. The molecule has 5 nitrogen and oxygen atoms in total. The molecule has 0 atom stereocenters. The van der Waals surface area contributed by atoms with E-state index in [1.807, 2.05) is 4.68 Å². The summed E-state index contributed by atoms with van der Waals surface area (Å²) in [7, 11) is 0. The van der Waals surface area contributed by atoms with E-state index < -0.39 is 0 Å². The maximum Gasteiger partial charge on any atom is 0.170 e. The average molecular weight is 315 g/mol. The van der Waals surface area contributed by atoms with Crippen molar-refractivity contribution in [3.63, 3.8) is 0 Å². The molecule has 0 aliphatic heterocycles. The lowest BCUT2D eigenvalue weighted by atomic mass is 9.82. The molecular weight excluding hydrogens is 286 g/mol. The third-order valence-corrected chi connectivity index (χ3v) is 3.88. The number of tetrazole rings is 1. The number of hydrogen-bond donors (Lipinski definition) is 1. The van der Waals surface area contributed by atoms with Crippen LogP contribution in [0, 0.1) is 19.3 Å². The summed E-state index contributed by atoms with van der Waals surface area (Å²) in [5.74, 6) is 0.837. The van der Waals surface area contributed by atoms with Gasteiger partial charge in [0, 0.05) is 5.54 Å². The highest BCUT2D eigenvalue weighted by Gasteiger charge is 2.25. The minimum atomic E-state index is 0.0236. The SMILES string of the molecule is Cc1cccc(C)c1-n1nnnc1CNC(C)(C)CC(C)(C)C. The molecule has 0 aliphatic rings. The lowest BCUT2D eigenvalue weighted by Gasteiger charge is -2.33. The maximum atomic E-state index is 4.21. The average Bonchev–Trinajstić information content (AvgIpc) is 2.82. The molecule has 1 heterocycles. The van der Waals surface area contributed by atoms with Gasteiger partial charge in [-0.25, -0.2) is 0 Å². The number of rotatable bonds is 5. The Morgan fingerprint density at radius 1 is 1.04 bits per heavy atom. The van der Waals surface area contributed by atoms with Crippen LogP contribution in [0.3, 0.4) is 0 Å². The molecule has 0 bridgehead atoms. The van der Waals surface area contributed by atoms with Crippen LogP contribution < -0.4 is 5.32 Å². The van der Waals surface area contributed by atoms with Crippen LogP contribution in [0.15, 0.2) is 18.2 Å². The Kier molecular flexibility index (Phi) is 4.90. The standard InChI is InChI=1S/C18H29N5/c1-13-9-8-10-14(2)16(13)23-15(20-21-22-23)11-19-18(6,7)12-17(3,4)5/h8-10,19H,11-12H2,1-7H3. The second-order valence-corrected chi connectivity index (χ2v) is 8.22. The Morgan fingerprint density at radius 3 is 2.22 bits per heavy atom. The van der Waals surface area contributed by atoms with Crippen LogP contribution in [0.5, 0.6) is 0 Å². The highest BCUT2D eigenvalue weighted by Crippen LogP contribution is 2.27. The predicted octanol–water partition coefficient (Wildman–Crippen LogP) is 3.58. The summed E-state index contributed by atoms with van der Waals surface area (Å²) in [6.45, 7) is 16.1. The molecule has 1 aromatic heterocycles. The largest absolute Gasteiger partial charge is 0.305 e. The quantitative estimate of drug-likeness (QED) is 0.916. The molecule has 2 aromatic rings. The number of aryl methyl sites for hydroxylation is 2. The molecule has 0 saturated heterocycles. The van der Waals surface area contributed by atoms with Crippen molar-refractivity contribution in [3.8, 4) is 5.69 Å². The third-order valence-electron chi connectivity index (χ3n) is 3.88. The summed E-state index contributed by atoms with van der Waals surface area (Å²) in [5, 5.41) is 15.9. The van der Waals surface area contributed by atoms with E-state index in [4.69, 9.17) is 0 Å². The molecule has 23 heavy (non-hydrogen) atoms. The van der Waals surface area contributed by atoms with Gasteiger partial charge in [-0.2, -0.15) is 4.68 Å². The van der Waals surface area contributed by atoms with Gasteiger partial charge < -0.3 is 5.32 Å². The Morgan fingerprint density at radius 2 is 1.65 bits per heavy atom. The van der Waals surface area contributed by atoms with Gasteiger partial charge in [-0.3, -0.25) is 0 Å². The van der Waals surface area contributed by atoms with Gasteiger partial charge in [-0.05, 0) is 61.1 Å². The van der Waals surface area contributed by atoms with Gasteiger partial charge in [0.1, 0.15) is 0 Å². The number of aromatic nitrogens is 4. The van der Waals surface area contributed by atoms with Crippen molar-refractivity contribution >= 4 is 0 Å². The van der Waals surface area contributed by atoms with E-state index >= 15 is 0 Å². The smallest absolute Gasteiger partial charge is 0.170 e. The molecule has 126 valence electrons. The topological polar surface area (TPSA) is 55.6 Å². The van der Waals surface area contributed by atoms with Crippen molar-refractivity contribution in [2.75, 3.05) is 0 Å². The van der Waals surface area contributed by atoms with E-state index in [0.29, 0.717) is 6.54 Å². The Bertz CT molecular complexity index is 644. The van der Waals surface area contributed by atoms with E-state index in [1.165, 1.54) is 11.1 Å². The molecule has 0 radical (unpaired) electrons. The van der Waals surface area contributed by atoms with Crippen molar-refractivity contribution in [2.24, 2.45) is 5.41 Å². The summed E-state index contributed by atoms with van der Waals surface area (Å²) < 4.78 is 1.85. The van der Waals surface area contributed by atoms with Gasteiger partial charge in [-0.1, -0.05) is 39.0 Å². The number of nitrogens with zero attached hydrogens (tertiary/aromatic N) is 4. The van der Waals surface area contributed by atoms with Crippen molar-refractivity contribution in [2.45, 2.75) is 67.0 Å². The zero-order valence-corrected chi connectivity index (χ0v) is 15.4. The second kappa shape index (κ2) is 6.40. The Hall–Kier alpha value is -1.75. The number of hydrogen-bond acceptors (Lipinski definition) is 4. The van der Waals surface area contributed by atoms with E-state index in [0.717, 1.165) is 17.9 Å². The van der Waals surface area contributed by atoms with Crippen LogP contribution in [0.25, 0.3) is 5.69 Å². The molecule has 2 rings (SSSR count). The van der Waals surface area contributed by atoms with Crippen LogP contribution in [0.1, 0.15) is 58.0 Å². The first-order valence-electron chi connectivity index (χ1n) is 8.18. The third kappa shape index (κ3) is 4.61.